The second kappa shape index (κ2) is 6.82. The van der Waals surface area contributed by atoms with Crippen molar-refractivity contribution in [2.45, 2.75) is 31.8 Å². The van der Waals surface area contributed by atoms with E-state index in [-0.39, 0.29) is 11.6 Å². The van der Waals surface area contributed by atoms with Gasteiger partial charge in [0.25, 0.3) is 5.70 Å². The third-order valence-corrected chi connectivity index (χ3v) is 5.02. The molecular formula is C18H18FN5O3. The first kappa shape index (κ1) is 17.2. The van der Waals surface area contributed by atoms with Crippen LogP contribution < -0.4 is 5.32 Å². The lowest BCUT2D eigenvalue weighted by atomic mass is 10.0. The number of allylic oxidation sites excluding steroid dienone is 1. The summed E-state index contributed by atoms with van der Waals surface area (Å²) < 4.78 is 13.1. The van der Waals surface area contributed by atoms with E-state index in [0.29, 0.717) is 11.5 Å². The molecule has 1 aromatic carbocycles. The van der Waals surface area contributed by atoms with Crippen molar-refractivity contribution in [2.75, 3.05) is 5.32 Å². The summed E-state index contributed by atoms with van der Waals surface area (Å²) in [5.41, 5.74) is 0.409. The lowest BCUT2D eigenvalue weighted by molar-refractivity contribution is -0.420. The van der Waals surface area contributed by atoms with E-state index in [1.807, 2.05) is 0 Å². The highest BCUT2D eigenvalue weighted by Gasteiger charge is 2.44. The Morgan fingerprint density at radius 2 is 1.93 bits per heavy atom. The smallest absolute Gasteiger partial charge is 0.306 e. The lowest BCUT2D eigenvalue weighted by Crippen LogP contribution is -2.47. The fourth-order valence-corrected chi connectivity index (χ4v) is 3.75. The number of carbonyl (C=O) groups excluding carboxylic acids is 1. The van der Waals surface area contributed by atoms with Crippen LogP contribution in [-0.2, 0) is 0 Å². The van der Waals surface area contributed by atoms with Crippen LogP contribution in [-0.4, -0.2) is 32.9 Å². The molecule has 0 saturated heterocycles. The number of amides is 2. The van der Waals surface area contributed by atoms with Crippen LogP contribution in [0, 0.1) is 21.8 Å². The Labute approximate surface area is 154 Å². The van der Waals surface area contributed by atoms with Gasteiger partial charge in [-0.25, -0.2) is 9.18 Å². The van der Waals surface area contributed by atoms with Crippen LogP contribution in [0.5, 0.6) is 0 Å². The maximum absolute atomic E-state index is 13.1. The summed E-state index contributed by atoms with van der Waals surface area (Å²) in [6.45, 7) is 0. The van der Waals surface area contributed by atoms with Gasteiger partial charge >= 0.3 is 6.03 Å². The van der Waals surface area contributed by atoms with E-state index < -0.39 is 22.9 Å². The first-order valence-electron chi connectivity index (χ1n) is 8.80. The van der Waals surface area contributed by atoms with Gasteiger partial charge in [0.05, 0.1) is 11.1 Å². The van der Waals surface area contributed by atoms with Crippen LogP contribution in [0.4, 0.5) is 14.9 Å². The molecular weight excluding hydrogens is 353 g/mol. The third-order valence-electron chi connectivity index (χ3n) is 5.02. The van der Waals surface area contributed by atoms with Crippen LogP contribution in [0.3, 0.4) is 0 Å². The number of amidine groups is 1. The average Bonchev–Trinajstić information content (AvgIpc) is 3.29. The van der Waals surface area contributed by atoms with Gasteiger partial charge in [0.15, 0.2) is 5.84 Å². The summed E-state index contributed by atoms with van der Waals surface area (Å²) >= 11 is 0. The van der Waals surface area contributed by atoms with Crippen molar-refractivity contribution in [3.05, 3.63) is 64.2 Å². The number of hydrogen-bond donors (Lipinski definition) is 1. The zero-order chi connectivity index (χ0) is 19.0. The van der Waals surface area contributed by atoms with Gasteiger partial charge in [-0.1, -0.05) is 12.8 Å². The lowest BCUT2D eigenvalue weighted by Gasteiger charge is -2.32. The molecule has 8 nitrogen and oxygen atoms in total. The Hall–Kier alpha value is -3.23. The van der Waals surface area contributed by atoms with E-state index >= 15 is 0 Å². The fraction of sp³-hybridized carbons (Fsp3) is 0.333. The summed E-state index contributed by atoms with van der Waals surface area (Å²) in [6.07, 6.45) is 7.91. The summed E-state index contributed by atoms with van der Waals surface area (Å²) in [6, 6.07) is 5.01. The molecule has 140 valence electrons. The molecule has 2 amide bonds. The number of rotatable bonds is 3. The number of nitrogens with one attached hydrogen (secondary N) is 1. The molecule has 1 N–H and O–H groups in total. The number of benzene rings is 1. The minimum Gasteiger partial charge on any atom is -0.306 e. The largest absolute Gasteiger partial charge is 0.344 e. The number of carbonyl (C=O) groups is 1. The fourth-order valence-electron chi connectivity index (χ4n) is 3.75. The minimum atomic E-state index is -0.458. The van der Waals surface area contributed by atoms with Crippen LogP contribution in [0.15, 0.2) is 53.4 Å². The molecule has 2 heterocycles. The third kappa shape index (κ3) is 3.27. The van der Waals surface area contributed by atoms with Gasteiger partial charge in [0.1, 0.15) is 12.0 Å². The number of anilines is 1. The quantitative estimate of drug-likeness (QED) is 0.650. The Morgan fingerprint density at radius 1 is 1.22 bits per heavy atom. The second-order valence-electron chi connectivity index (χ2n) is 6.75. The molecule has 27 heavy (non-hydrogen) atoms. The first-order chi connectivity index (χ1) is 13.0. The number of fused-ring (bicyclic) bond motifs is 1. The molecule has 0 unspecified atom stereocenters. The first-order valence-corrected chi connectivity index (χ1v) is 8.80. The Morgan fingerprint density at radius 3 is 2.59 bits per heavy atom. The summed E-state index contributed by atoms with van der Waals surface area (Å²) in [5.74, 6) is 0.269. The maximum atomic E-state index is 13.1. The number of nitrogens with zero attached hydrogens (tertiary/aromatic N) is 4. The molecule has 1 saturated carbocycles. The maximum Gasteiger partial charge on any atom is 0.344 e. The molecule has 1 aliphatic carbocycles. The van der Waals surface area contributed by atoms with E-state index in [1.165, 1.54) is 41.6 Å². The van der Waals surface area contributed by atoms with Crippen molar-refractivity contribution >= 4 is 17.6 Å². The molecule has 0 bridgehead atoms. The summed E-state index contributed by atoms with van der Waals surface area (Å²) in [4.78, 5) is 25.2. The molecule has 0 spiro atoms. The van der Waals surface area contributed by atoms with Crippen molar-refractivity contribution in [1.29, 1.82) is 0 Å². The van der Waals surface area contributed by atoms with E-state index in [9.17, 15) is 19.3 Å². The monoisotopic (exact) mass is 371 g/mol. The SMILES string of the molecule is O=C(Nc1ccc(F)cc1)N1N=C2C=CC([N+](=O)[O-])=CN2[C@H]1C1CCCC1. The Kier molecular flexibility index (Phi) is 4.35. The molecule has 3 aliphatic rings. The molecule has 0 aromatic heterocycles. The highest BCUT2D eigenvalue weighted by atomic mass is 19.1. The van der Waals surface area contributed by atoms with Gasteiger partial charge in [-0.15, -0.1) is 5.10 Å². The predicted octanol–water partition coefficient (Wildman–Crippen LogP) is 3.49. The summed E-state index contributed by atoms with van der Waals surface area (Å²) in [7, 11) is 0. The van der Waals surface area contributed by atoms with Crippen molar-refractivity contribution in [2.24, 2.45) is 11.0 Å². The van der Waals surface area contributed by atoms with Gasteiger partial charge in [-0.3, -0.25) is 10.1 Å². The van der Waals surface area contributed by atoms with Gasteiger partial charge in [-0.05, 0) is 43.2 Å². The van der Waals surface area contributed by atoms with Crippen molar-refractivity contribution in [3.63, 3.8) is 0 Å². The standard InChI is InChI=1S/C18H18FN5O3/c19-13-5-7-14(8-6-13)20-18(25)23-17(12-3-1-2-4-12)22-11-15(24(26)27)9-10-16(22)21-23/h5-12,17H,1-4H2,(H,20,25)/t17-/m1/s1. The highest BCUT2D eigenvalue weighted by molar-refractivity contribution is 5.99. The predicted molar refractivity (Wildman–Crippen MR) is 96.5 cm³/mol. The van der Waals surface area contributed by atoms with Gasteiger partial charge in [0, 0.05) is 17.7 Å². The number of hydrazone groups is 1. The number of nitro groups is 1. The Bertz CT molecular complexity index is 858. The van der Waals surface area contributed by atoms with Crippen molar-refractivity contribution in [1.82, 2.24) is 9.91 Å². The topological polar surface area (TPSA) is 91.1 Å². The molecule has 9 heteroatoms. The Balaban J connectivity index is 1.61. The molecule has 4 rings (SSSR count). The van der Waals surface area contributed by atoms with Crippen LogP contribution in [0.1, 0.15) is 25.7 Å². The normalized spacial score (nSPS) is 21.7. The van der Waals surface area contributed by atoms with Crippen molar-refractivity contribution in [3.8, 4) is 0 Å². The van der Waals surface area contributed by atoms with E-state index in [1.54, 1.807) is 11.0 Å². The number of hydrogen-bond acceptors (Lipinski definition) is 5. The number of urea groups is 1. The van der Waals surface area contributed by atoms with E-state index in [2.05, 4.69) is 10.4 Å². The second-order valence-corrected chi connectivity index (χ2v) is 6.75. The van der Waals surface area contributed by atoms with Gasteiger partial charge < -0.3 is 10.2 Å². The van der Waals surface area contributed by atoms with Crippen LogP contribution in [0.25, 0.3) is 0 Å². The van der Waals surface area contributed by atoms with Gasteiger partial charge in [0.2, 0.25) is 0 Å². The zero-order valence-corrected chi connectivity index (χ0v) is 14.4. The average molecular weight is 371 g/mol. The zero-order valence-electron chi connectivity index (χ0n) is 14.4. The molecule has 1 fully saturated rings. The van der Waals surface area contributed by atoms with Crippen molar-refractivity contribution < 1.29 is 14.1 Å². The minimum absolute atomic E-state index is 0.0438. The van der Waals surface area contributed by atoms with E-state index in [4.69, 9.17) is 0 Å². The molecule has 0 radical (unpaired) electrons. The molecule has 2 aliphatic heterocycles. The van der Waals surface area contributed by atoms with E-state index in [0.717, 1.165) is 25.7 Å². The molecule has 1 aromatic rings. The van der Waals surface area contributed by atoms with Crippen LogP contribution in [0.2, 0.25) is 0 Å². The number of halogens is 1. The highest BCUT2D eigenvalue weighted by Crippen LogP contribution is 2.37. The molecule has 1 atom stereocenters. The van der Waals surface area contributed by atoms with Crippen LogP contribution >= 0.6 is 0 Å². The summed E-state index contributed by atoms with van der Waals surface area (Å²) in [5, 5.41) is 19.6. The van der Waals surface area contributed by atoms with Gasteiger partial charge in [-0.2, -0.15) is 5.01 Å².